The molecule has 22 heavy (non-hydrogen) atoms. The lowest BCUT2D eigenvalue weighted by Crippen LogP contribution is -2.28. The summed E-state index contributed by atoms with van der Waals surface area (Å²) in [5.74, 6) is -0.859. The van der Waals surface area contributed by atoms with Crippen molar-refractivity contribution in [2.75, 3.05) is 0 Å². The van der Waals surface area contributed by atoms with Gasteiger partial charge in [-0.1, -0.05) is 24.8 Å². The van der Waals surface area contributed by atoms with Crippen LogP contribution in [0.3, 0.4) is 0 Å². The molecule has 0 fully saturated rings. The van der Waals surface area contributed by atoms with Gasteiger partial charge in [-0.05, 0) is 43.5 Å². The maximum Gasteiger partial charge on any atom is 0.573 e. The Bertz CT molecular complexity index is 602. The fraction of sp³-hybridized carbons (Fsp3) is 0.312. The third-order valence-corrected chi connectivity index (χ3v) is 3.27. The van der Waals surface area contributed by atoms with Crippen molar-refractivity contribution in [3.8, 4) is 5.75 Å². The maximum absolute atomic E-state index is 12.2. The van der Waals surface area contributed by atoms with Crippen molar-refractivity contribution in [1.29, 1.82) is 0 Å². The van der Waals surface area contributed by atoms with Gasteiger partial charge in [-0.3, -0.25) is 0 Å². The maximum atomic E-state index is 12.2. The Labute approximate surface area is 126 Å². The van der Waals surface area contributed by atoms with E-state index in [1.54, 1.807) is 6.08 Å². The van der Waals surface area contributed by atoms with E-state index in [0.717, 1.165) is 0 Å². The highest BCUT2D eigenvalue weighted by Crippen LogP contribution is 2.38. The van der Waals surface area contributed by atoms with E-state index in [1.807, 2.05) is 6.08 Å². The number of carbonyl (C=O) groups is 1. The molecule has 1 aliphatic carbocycles. The largest absolute Gasteiger partial charge is 0.573 e. The van der Waals surface area contributed by atoms with E-state index >= 15 is 0 Å². The van der Waals surface area contributed by atoms with Crippen molar-refractivity contribution in [2.24, 2.45) is 0 Å². The minimum atomic E-state index is -4.74. The molecule has 1 atom stereocenters. The molecule has 3 nitrogen and oxygen atoms in total. The van der Waals surface area contributed by atoms with Gasteiger partial charge in [0.25, 0.3) is 0 Å². The molecule has 1 unspecified atom stereocenters. The van der Waals surface area contributed by atoms with Crippen molar-refractivity contribution >= 4 is 5.97 Å². The molecule has 0 saturated carbocycles. The van der Waals surface area contributed by atoms with E-state index < -0.39 is 17.9 Å². The lowest BCUT2D eigenvalue weighted by atomic mass is 9.93. The SMILES string of the molecule is C=C(C)C(=O)OC1(c2ccc(OC(F)(F)F)cc2)C=CCC1. The first kappa shape index (κ1) is 16.1. The first-order chi connectivity index (χ1) is 10.2. The van der Waals surface area contributed by atoms with E-state index in [9.17, 15) is 18.0 Å². The van der Waals surface area contributed by atoms with Gasteiger partial charge in [-0.2, -0.15) is 0 Å². The molecule has 118 valence electrons. The number of esters is 1. The molecular formula is C16H15F3O3. The summed E-state index contributed by atoms with van der Waals surface area (Å²) in [6.07, 6.45) is 0.119. The van der Waals surface area contributed by atoms with Crippen molar-refractivity contribution < 1.29 is 27.4 Å². The van der Waals surface area contributed by atoms with Crippen molar-refractivity contribution in [3.63, 3.8) is 0 Å². The Morgan fingerprint density at radius 1 is 1.27 bits per heavy atom. The molecule has 0 radical (unpaired) electrons. The average Bonchev–Trinajstić information content (AvgIpc) is 2.87. The molecule has 0 bridgehead atoms. The van der Waals surface area contributed by atoms with Gasteiger partial charge >= 0.3 is 12.3 Å². The highest BCUT2D eigenvalue weighted by Gasteiger charge is 2.36. The van der Waals surface area contributed by atoms with Gasteiger partial charge in [0.05, 0.1) is 0 Å². The first-order valence-corrected chi connectivity index (χ1v) is 6.65. The summed E-state index contributed by atoms with van der Waals surface area (Å²) in [6, 6.07) is 5.32. The molecule has 1 aromatic carbocycles. The zero-order chi connectivity index (χ0) is 16.4. The van der Waals surface area contributed by atoms with Crippen LogP contribution in [0.25, 0.3) is 0 Å². The molecule has 0 aliphatic heterocycles. The molecule has 0 spiro atoms. The van der Waals surface area contributed by atoms with Gasteiger partial charge in [0.2, 0.25) is 0 Å². The molecule has 0 aromatic heterocycles. The van der Waals surface area contributed by atoms with Gasteiger partial charge in [-0.25, -0.2) is 4.79 Å². The highest BCUT2D eigenvalue weighted by atomic mass is 19.4. The normalized spacial score (nSPS) is 20.7. The smallest absolute Gasteiger partial charge is 0.447 e. The topological polar surface area (TPSA) is 35.5 Å². The summed E-state index contributed by atoms with van der Waals surface area (Å²) in [5.41, 5.74) is -0.116. The Hall–Kier alpha value is -2.24. The van der Waals surface area contributed by atoms with Crippen LogP contribution in [0.4, 0.5) is 13.2 Å². The van der Waals surface area contributed by atoms with Crippen LogP contribution in [0.5, 0.6) is 5.75 Å². The fourth-order valence-corrected chi connectivity index (χ4v) is 2.23. The third kappa shape index (κ3) is 3.69. The van der Waals surface area contributed by atoms with E-state index in [2.05, 4.69) is 11.3 Å². The van der Waals surface area contributed by atoms with Crippen LogP contribution in [0.1, 0.15) is 25.3 Å². The molecule has 0 saturated heterocycles. The number of alkyl halides is 3. The highest BCUT2D eigenvalue weighted by molar-refractivity contribution is 5.87. The number of allylic oxidation sites excluding steroid dienone is 1. The predicted octanol–water partition coefficient (Wildman–Crippen LogP) is 4.25. The standard InChI is InChI=1S/C16H15F3O3/c1-11(2)14(20)22-15(9-3-4-10-15)12-5-7-13(8-6-12)21-16(17,18)19/h3,5-9H,1,4,10H2,2H3. The quantitative estimate of drug-likeness (QED) is 0.474. The number of hydrogen-bond acceptors (Lipinski definition) is 3. The van der Waals surface area contributed by atoms with Crippen LogP contribution >= 0.6 is 0 Å². The molecule has 2 rings (SSSR count). The summed E-state index contributed by atoms with van der Waals surface area (Å²) in [7, 11) is 0. The summed E-state index contributed by atoms with van der Waals surface area (Å²) < 4.78 is 45.8. The number of rotatable bonds is 4. The van der Waals surface area contributed by atoms with Crippen LogP contribution in [-0.2, 0) is 15.1 Å². The second-order valence-corrected chi connectivity index (χ2v) is 5.07. The lowest BCUT2D eigenvalue weighted by molar-refractivity contribution is -0.274. The van der Waals surface area contributed by atoms with E-state index in [0.29, 0.717) is 18.4 Å². The van der Waals surface area contributed by atoms with Gasteiger partial charge in [-0.15, -0.1) is 13.2 Å². The van der Waals surface area contributed by atoms with E-state index in [4.69, 9.17) is 4.74 Å². The van der Waals surface area contributed by atoms with E-state index in [1.165, 1.54) is 31.2 Å². The summed E-state index contributed by atoms with van der Waals surface area (Å²) in [6.45, 7) is 5.07. The number of ether oxygens (including phenoxy) is 2. The fourth-order valence-electron chi connectivity index (χ4n) is 2.23. The molecule has 0 amide bonds. The number of hydrogen-bond donors (Lipinski definition) is 0. The van der Waals surface area contributed by atoms with Crippen LogP contribution in [0.15, 0.2) is 48.6 Å². The van der Waals surface area contributed by atoms with Gasteiger partial charge in [0.1, 0.15) is 5.75 Å². The Morgan fingerprint density at radius 3 is 2.36 bits per heavy atom. The van der Waals surface area contributed by atoms with Crippen LogP contribution in [0, 0.1) is 0 Å². The van der Waals surface area contributed by atoms with Crippen LogP contribution < -0.4 is 4.74 Å². The predicted molar refractivity (Wildman–Crippen MR) is 74.1 cm³/mol. The lowest BCUT2D eigenvalue weighted by Gasteiger charge is -2.28. The molecule has 1 aliphatic rings. The Morgan fingerprint density at radius 2 is 1.91 bits per heavy atom. The number of halogens is 3. The average molecular weight is 312 g/mol. The van der Waals surface area contributed by atoms with Gasteiger partial charge < -0.3 is 9.47 Å². The van der Waals surface area contributed by atoms with Crippen molar-refractivity contribution in [1.82, 2.24) is 0 Å². The first-order valence-electron chi connectivity index (χ1n) is 6.65. The van der Waals surface area contributed by atoms with Crippen molar-refractivity contribution in [2.45, 2.75) is 31.7 Å². The summed E-state index contributed by atoms with van der Waals surface area (Å²) in [4.78, 5) is 11.8. The van der Waals surface area contributed by atoms with Gasteiger partial charge in [0, 0.05) is 5.57 Å². The van der Waals surface area contributed by atoms with Crippen LogP contribution in [0.2, 0.25) is 0 Å². The van der Waals surface area contributed by atoms with Crippen molar-refractivity contribution in [3.05, 3.63) is 54.1 Å². The third-order valence-electron chi connectivity index (χ3n) is 3.27. The monoisotopic (exact) mass is 312 g/mol. The minimum Gasteiger partial charge on any atom is -0.447 e. The summed E-state index contributed by atoms with van der Waals surface area (Å²) in [5, 5.41) is 0. The second-order valence-electron chi connectivity index (χ2n) is 5.07. The summed E-state index contributed by atoms with van der Waals surface area (Å²) >= 11 is 0. The van der Waals surface area contributed by atoms with Crippen LogP contribution in [-0.4, -0.2) is 12.3 Å². The number of benzene rings is 1. The van der Waals surface area contributed by atoms with E-state index in [-0.39, 0.29) is 11.3 Å². The number of carbonyl (C=O) groups excluding carboxylic acids is 1. The second kappa shape index (κ2) is 5.87. The molecule has 6 heteroatoms. The Kier molecular flexibility index (Phi) is 4.30. The molecule has 1 aromatic rings. The molecule has 0 heterocycles. The zero-order valence-electron chi connectivity index (χ0n) is 11.9. The molecular weight excluding hydrogens is 297 g/mol. The zero-order valence-corrected chi connectivity index (χ0v) is 11.9. The molecule has 0 N–H and O–H groups in total. The Balaban J connectivity index is 2.24. The van der Waals surface area contributed by atoms with Gasteiger partial charge in [0.15, 0.2) is 5.60 Å². The minimum absolute atomic E-state index is 0.261.